The van der Waals surface area contributed by atoms with Gasteiger partial charge < -0.3 is 14.2 Å². The maximum absolute atomic E-state index is 12.3. The average molecular weight is 389 g/mol. The van der Waals surface area contributed by atoms with Gasteiger partial charge in [0.25, 0.3) is 5.91 Å². The second kappa shape index (κ2) is 10.2. The van der Waals surface area contributed by atoms with Crippen molar-refractivity contribution in [2.75, 3.05) is 20.3 Å². The number of carbonyl (C=O) groups excluding carboxylic acids is 1. The number of amides is 1. The molecule has 1 N–H and O–H groups in total. The predicted octanol–water partition coefficient (Wildman–Crippen LogP) is 4.08. The smallest absolute Gasteiger partial charge is 0.271 e. The van der Waals surface area contributed by atoms with Gasteiger partial charge in [0.05, 0.1) is 19.9 Å². The molecule has 2 aromatic carbocycles. The summed E-state index contributed by atoms with van der Waals surface area (Å²) in [6, 6.07) is 10.0. The van der Waals surface area contributed by atoms with E-state index in [0.717, 1.165) is 0 Å². The van der Waals surface area contributed by atoms with Gasteiger partial charge in [0, 0.05) is 16.1 Å². The summed E-state index contributed by atoms with van der Waals surface area (Å²) >= 11 is 6.01. The Kier molecular flexibility index (Phi) is 7.70. The summed E-state index contributed by atoms with van der Waals surface area (Å²) in [5.74, 6) is 1.25. The third-order valence-electron chi connectivity index (χ3n) is 3.42. The lowest BCUT2D eigenvalue weighted by Gasteiger charge is -2.10. The summed E-state index contributed by atoms with van der Waals surface area (Å²) in [5.41, 5.74) is 3.50. The van der Waals surface area contributed by atoms with Gasteiger partial charge >= 0.3 is 0 Å². The maximum atomic E-state index is 12.3. The fourth-order valence-corrected chi connectivity index (χ4v) is 2.39. The molecule has 0 aliphatic carbocycles. The van der Waals surface area contributed by atoms with E-state index in [-0.39, 0.29) is 5.91 Å². The number of carbonyl (C=O) groups is 1. The molecule has 0 aliphatic rings. The summed E-state index contributed by atoms with van der Waals surface area (Å²) < 4.78 is 16.2. The summed E-state index contributed by atoms with van der Waals surface area (Å²) in [6.07, 6.45) is 3.10. The van der Waals surface area contributed by atoms with Gasteiger partial charge in [0.2, 0.25) is 0 Å². The van der Waals surface area contributed by atoms with Gasteiger partial charge in [-0.25, -0.2) is 5.43 Å². The van der Waals surface area contributed by atoms with Crippen LogP contribution < -0.4 is 19.6 Å². The van der Waals surface area contributed by atoms with Crippen molar-refractivity contribution in [1.29, 1.82) is 0 Å². The van der Waals surface area contributed by atoms with Crippen LogP contribution in [0.1, 0.15) is 22.8 Å². The number of rotatable bonds is 9. The largest absolute Gasteiger partial charge is 0.493 e. The van der Waals surface area contributed by atoms with Gasteiger partial charge in [0.1, 0.15) is 12.4 Å². The minimum atomic E-state index is -0.384. The fourth-order valence-electron chi connectivity index (χ4n) is 2.21. The van der Waals surface area contributed by atoms with E-state index in [1.165, 1.54) is 6.21 Å². The Morgan fingerprint density at radius 2 is 1.96 bits per heavy atom. The third kappa shape index (κ3) is 5.76. The minimum Gasteiger partial charge on any atom is -0.493 e. The predicted molar refractivity (Wildman–Crippen MR) is 106 cm³/mol. The van der Waals surface area contributed by atoms with Gasteiger partial charge in [-0.15, -0.1) is 0 Å². The second-order valence-corrected chi connectivity index (χ2v) is 5.72. The normalized spacial score (nSPS) is 10.5. The van der Waals surface area contributed by atoms with E-state index in [9.17, 15) is 4.79 Å². The number of ether oxygens (including phenoxy) is 3. The van der Waals surface area contributed by atoms with Crippen LogP contribution in [-0.2, 0) is 0 Å². The van der Waals surface area contributed by atoms with E-state index in [1.54, 1.807) is 49.6 Å². The second-order valence-electron chi connectivity index (χ2n) is 5.28. The number of benzene rings is 2. The summed E-state index contributed by atoms with van der Waals surface area (Å²) in [7, 11) is 1.54. The Morgan fingerprint density at radius 3 is 2.67 bits per heavy atom. The molecule has 0 saturated heterocycles. The molecule has 0 bridgehead atoms. The molecule has 0 saturated carbocycles. The lowest BCUT2D eigenvalue weighted by molar-refractivity contribution is 0.0954. The summed E-state index contributed by atoms with van der Waals surface area (Å²) in [5, 5.41) is 4.52. The molecular weight excluding hydrogens is 368 g/mol. The van der Waals surface area contributed by atoms with Crippen molar-refractivity contribution in [3.8, 4) is 17.2 Å². The van der Waals surface area contributed by atoms with E-state index < -0.39 is 0 Å². The first-order valence-corrected chi connectivity index (χ1v) is 8.64. The number of methoxy groups -OCH3 is 1. The Hall–Kier alpha value is -2.99. The molecule has 0 radical (unpaired) electrons. The lowest BCUT2D eigenvalue weighted by atomic mass is 10.2. The number of hydrogen-bond donors (Lipinski definition) is 1. The quantitative estimate of drug-likeness (QED) is 0.399. The average Bonchev–Trinajstić information content (AvgIpc) is 2.67. The van der Waals surface area contributed by atoms with Crippen LogP contribution in [0.2, 0.25) is 5.02 Å². The van der Waals surface area contributed by atoms with Crippen molar-refractivity contribution in [2.45, 2.75) is 6.92 Å². The molecule has 142 valence electrons. The first-order valence-electron chi connectivity index (χ1n) is 8.26. The van der Waals surface area contributed by atoms with Gasteiger partial charge in [-0.3, -0.25) is 4.79 Å². The first-order chi connectivity index (χ1) is 13.1. The topological polar surface area (TPSA) is 69.2 Å². The summed E-state index contributed by atoms with van der Waals surface area (Å²) in [6.45, 7) is 6.28. The van der Waals surface area contributed by atoms with Gasteiger partial charge in [-0.2, -0.15) is 5.10 Å². The molecule has 7 heteroatoms. The molecule has 0 aromatic heterocycles. The van der Waals surface area contributed by atoms with E-state index in [2.05, 4.69) is 17.1 Å². The van der Waals surface area contributed by atoms with Crippen molar-refractivity contribution in [3.05, 3.63) is 65.2 Å². The number of nitrogens with one attached hydrogen (secondary N) is 1. The van der Waals surface area contributed by atoms with Crippen molar-refractivity contribution in [1.82, 2.24) is 5.43 Å². The molecular formula is C20H21ClN2O4. The van der Waals surface area contributed by atoms with Crippen molar-refractivity contribution < 1.29 is 19.0 Å². The van der Waals surface area contributed by atoms with Crippen LogP contribution in [0.3, 0.4) is 0 Å². The molecule has 27 heavy (non-hydrogen) atoms. The molecule has 2 aromatic rings. The molecule has 0 spiro atoms. The highest BCUT2D eigenvalue weighted by Crippen LogP contribution is 2.28. The Morgan fingerprint density at radius 1 is 1.19 bits per heavy atom. The molecule has 2 rings (SSSR count). The zero-order valence-electron chi connectivity index (χ0n) is 15.2. The molecule has 0 aliphatic heterocycles. The van der Waals surface area contributed by atoms with Crippen LogP contribution >= 0.6 is 11.6 Å². The first kappa shape index (κ1) is 20.3. The highest BCUT2D eigenvalue weighted by Gasteiger charge is 2.10. The van der Waals surface area contributed by atoms with E-state index in [0.29, 0.717) is 46.6 Å². The van der Waals surface area contributed by atoms with Crippen LogP contribution in [0.4, 0.5) is 0 Å². The Labute approximate surface area is 163 Å². The number of hydrazone groups is 1. The zero-order valence-corrected chi connectivity index (χ0v) is 16.0. The van der Waals surface area contributed by atoms with Crippen LogP contribution in [0, 0.1) is 0 Å². The maximum Gasteiger partial charge on any atom is 0.271 e. The van der Waals surface area contributed by atoms with Crippen molar-refractivity contribution in [3.63, 3.8) is 0 Å². The number of hydrogen-bond acceptors (Lipinski definition) is 5. The minimum absolute atomic E-state index is 0.348. The van der Waals surface area contributed by atoms with Crippen molar-refractivity contribution >= 4 is 23.7 Å². The monoisotopic (exact) mass is 388 g/mol. The summed E-state index contributed by atoms with van der Waals surface area (Å²) in [4.78, 5) is 12.3. The van der Waals surface area contributed by atoms with Crippen LogP contribution in [-0.4, -0.2) is 32.4 Å². The molecule has 0 atom stereocenters. The number of nitrogens with zero attached hydrogens (tertiary/aromatic N) is 1. The lowest BCUT2D eigenvalue weighted by Crippen LogP contribution is -2.17. The Balaban J connectivity index is 2.12. The third-order valence-corrected chi connectivity index (χ3v) is 3.66. The van der Waals surface area contributed by atoms with Crippen LogP contribution in [0.15, 0.2) is 54.2 Å². The highest BCUT2D eigenvalue weighted by molar-refractivity contribution is 6.30. The van der Waals surface area contributed by atoms with E-state index in [4.69, 9.17) is 25.8 Å². The van der Waals surface area contributed by atoms with Gasteiger partial charge in [-0.1, -0.05) is 24.3 Å². The SMILES string of the molecule is C=CCOc1ccc(Cl)cc1/C=N/NC(=O)c1ccc(OC)c(OCC)c1. The molecule has 0 heterocycles. The molecule has 0 fully saturated rings. The standard InChI is InChI=1S/C20H21ClN2O4/c1-4-10-27-17-9-7-16(21)11-15(17)13-22-23-20(24)14-6-8-18(25-3)19(12-14)26-5-2/h4,6-9,11-13H,1,5,10H2,2-3H3,(H,23,24)/b22-13+. The highest BCUT2D eigenvalue weighted by atomic mass is 35.5. The van der Waals surface area contributed by atoms with Crippen molar-refractivity contribution in [2.24, 2.45) is 5.10 Å². The van der Waals surface area contributed by atoms with Crippen LogP contribution in [0.5, 0.6) is 17.2 Å². The molecule has 1 amide bonds. The number of halogens is 1. The fraction of sp³-hybridized carbons (Fsp3) is 0.200. The Bertz CT molecular complexity index is 837. The zero-order chi connectivity index (χ0) is 19.6. The van der Waals surface area contributed by atoms with Crippen LogP contribution in [0.25, 0.3) is 0 Å². The molecule has 0 unspecified atom stereocenters. The van der Waals surface area contributed by atoms with E-state index in [1.807, 2.05) is 6.92 Å². The van der Waals surface area contributed by atoms with E-state index >= 15 is 0 Å². The molecule has 6 nitrogen and oxygen atoms in total. The van der Waals surface area contributed by atoms with Gasteiger partial charge in [-0.05, 0) is 43.3 Å². The van der Waals surface area contributed by atoms with Gasteiger partial charge in [0.15, 0.2) is 11.5 Å².